The van der Waals surface area contributed by atoms with Crippen molar-refractivity contribution in [3.63, 3.8) is 0 Å². The molecule has 0 atom stereocenters. The highest BCUT2D eigenvalue weighted by Gasteiger charge is 2.36. The van der Waals surface area contributed by atoms with Crippen molar-refractivity contribution < 1.29 is 9.90 Å². The summed E-state index contributed by atoms with van der Waals surface area (Å²) in [7, 11) is 0. The second-order valence-corrected chi connectivity index (χ2v) is 7.47. The van der Waals surface area contributed by atoms with E-state index in [2.05, 4.69) is 19.2 Å². The van der Waals surface area contributed by atoms with Gasteiger partial charge >= 0.3 is 5.97 Å². The summed E-state index contributed by atoms with van der Waals surface area (Å²) in [6, 6.07) is 0. The van der Waals surface area contributed by atoms with Crippen LogP contribution in [-0.4, -0.2) is 29.3 Å². The summed E-state index contributed by atoms with van der Waals surface area (Å²) in [6.07, 6.45) is 14.8. The molecule has 0 amide bonds. The number of halogens is 1. The van der Waals surface area contributed by atoms with Crippen LogP contribution in [0.3, 0.4) is 0 Å². The van der Waals surface area contributed by atoms with Crippen molar-refractivity contribution in [2.75, 3.05) is 6.54 Å². The summed E-state index contributed by atoms with van der Waals surface area (Å²) in [5.74, 6) is -0.754. The Bertz CT molecular complexity index is 312. The fraction of sp³-hybridized carbons (Fsp3) is 0.950. The van der Waals surface area contributed by atoms with Crippen molar-refractivity contribution in [3.8, 4) is 0 Å². The number of unbranched alkanes of at least 4 members (excludes halogenated alkanes) is 10. The second kappa shape index (κ2) is 18.0. The molecule has 0 rings (SSSR count). The first-order valence-electron chi connectivity index (χ1n) is 10.5. The Kier molecular flexibility index (Phi) is 19.3. The standard InChI is InChI=1S/C20H43N3O2.ClH/c1-3-5-7-9-11-13-15-20(19(24)25,23-17-18(21)22)16-14-12-10-8-6-4-2;/h18,23H,3-17,21-22H2,1-2H3,(H,24,25);1H. The van der Waals surface area contributed by atoms with Gasteiger partial charge in [0, 0.05) is 6.54 Å². The monoisotopic (exact) mass is 393 g/mol. The van der Waals surface area contributed by atoms with E-state index in [9.17, 15) is 9.90 Å². The van der Waals surface area contributed by atoms with E-state index in [0.717, 1.165) is 25.7 Å². The lowest BCUT2D eigenvalue weighted by Gasteiger charge is -2.32. The topological polar surface area (TPSA) is 101 Å². The van der Waals surface area contributed by atoms with E-state index in [0.29, 0.717) is 19.4 Å². The minimum atomic E-state index is -0.869. The first kappa shape index (κ1) is 27.9. The minimum Gasteiger partial charge on any atom is -0.480 e. The molecule has 26 heavy (non-hydrogen) atoms. The van der Waals surface area contributed by atoms with Gasteiger partial charge in [-0.2, -0.15) is 0 Å². The Morgan fingerprint density at radius 1 is 0.846 bits per heavy atom. The van der Waals surface area contributed by atoms with Gasteiger partial charge in [-0.1, -0.05) is 90.9 Å². The Morgan fingerprint density at radius 3 is 1.58 bits per heavy atom. The molecule has 6 heteroatoms. The maximum absolute atomic E-state index is 12.0. The average molecular weight is 394 g/mol. The average Bonchev–Trinajstić information content (AvgIpc) is 2.57. The predicted molar refractivity (Wildman–Crippen MR) is 114 cm³/mol. The van der Waals surface area contributed by atoms with Crippen LogP contribution < -0.4 is 16.8 Å². The molecule has 5 nitrogen and oxygen atoms in total. The van der Waals surface area contributed by atoms with Crippen LogP contribution in [0, 0.1) is 0 Å². The molecule has 0 aliphatic carbocycles. The largest absolute Gasteiger partial charge is 0.480 e. The molecule has 0 bridgehead atoms. The van der Waals surface area contributed by atoms with Gasteiger partial charge in [0.25, 0.3) is 0 Å². The van der Waals surface area contributed by atoms with Crippen molar-refractivity contribution in [2.45, 2.75) is 115 Å². The van der Waals surface area contributed by atoms with Gasteiger partial charge in [0.2, 0.25) is 0 Å². The maximum atomic E-state index is 12.0. The fourth-order valence-corrected chi connectivity index (χ4v) is 3.32. The van der Waals surface area contributed by atoms with Gasteiger partial charge in [-0.25, -0.2) is 0 Å². The minimum absolute atomic E-state index is 0. The van der Waals surface area contributed by atoms with Crippen LogP contribution in [0.25, 0.3) is 0 Å². The zero-order valence-corrected chi connectivity index (χ0v) is 17.9. The van der Waals surface area contributed by atoms with Crippen molar-refractivity contribution >= 4 is 18.4 Å². The van der Waals surface area contributed by atoms with Crippen LogP contribution in [0.5, 0.6) is 0 Å². The molecule has 0 unspecified atom stereocenters. The Balaban J connectivity index is 0. The summed E-state index contributed by atoms with van der Waals surface area (Å²) in [6.45, 7) is 4.75. The first-order chi connectivity index (χ1) is 12.0. The lowest BCUT2D eigenvalue weighted by Crippen LogP contribution is -2.56. The van der Waals surface area contributed by atoms with E-state index in [4.69, 9.17) is 11.5 Å². The molecular weight excluding hydrogens is 350 g/mol. The molecule has 0 radical (unpaired) electrons. The summed E-state index contributed by atoms with van der Waals surface area (Å²) in [5, 5.41) is 13.1. The number of hydrogen-bond acceptors (Lipinski definition) is 4. The molecule has 0 aromatic rings. The van der Waals surface area contributed by atoms with E-state index in [1.807, 2.05) is 0 Å². The molecule has 158 valence electrons. The highest BCUT2D eigenvalue weighted by atomic mass is 35.5. The molecule has 0 aromatic heterocycles. The summed E-state index contributed by atoms with van der Waals surface area (Å²) in [4.78, 5) is 12.0. The third-order valence-corrected chi connectivity index (χ3v) is 5.00. The maximum Gasteiger partial charge on any atom is 0.323 e. The number of nitrogens with one attached hydrogen (secondary N) is 1. The van der Waals surface area contributed by atoms with Crippen LogP contribution in [0.4, 0.5) is 0 Å². The highest BCUT2D eigenvalue weighted by molar-refractivity contribution is 5.85. The lowest BCUT2D eigenvalue weighted by atomic mass is 9.86. The van der Waals surface area contributed by atoms with E-state index in [1.54, 1.807) is 0 Å². The van der Waals surface area contributed by atoms with Gasteiger partial charge in [0.1, 0.15) is 5.54 Å². The first-order valence-corrected chi connectivity index (χ1v) is 10.5. The molecular formula is C20H44ClN3O2. The predicted octanol–water partition coefficient (Wildman–Crippen LogP) is 4.57. The molecule has 0 heterocycles. The fourth-order valence-electron chi connectivity index (χ4n) is 3.32. The van der Waals surface area contributed by atoms with E-state index in [-0.39, 0.29) is 12.4 Å². The van der Waals surface area contributed by atoms with Gasteiger partial charge < -0.3 is 16.6 Å². The van der Waals surface area contributed by atoms with Gasteiger partial charge in [-0.05, 0) is 12.8 Å². The van der Waals surface area contributed by atoms with Crippen molar-refractivity contribution in [3.05, 3.63) is 0 Å². The van der Waals surface area contributed by atoms with E-state index < -0.39 is 17.7 Å². The normalized spacial score (nSPS) is 11.6. The summed E-state index contributed by atoms with van der Waals surface area (Å²) < 4.78 is 0. The van der Waals surface area contributed by atoms with Crippen molar-refractivity contribution in [2.24, 2.45) is 11.5 Å². The molecule has 0 aliphatic rings. The quantitative estimate of drug-likeness (QED) is 0.202. The molecule has 0 fully saturated rings. The van der Waals surface area contributed by atoms with Gasteiger partial charge in [-0.15, -0.1) is 12.4 Å². The van der Waals surface area contributed by atoms with Crippen LogP contribution in [0.2, 0.25) is 0 Å². The number of rotatable bonds is 18. The number of carbonyl (C=O) groups is 1. The molecule has 0 spiro atoms. The Morgan fingerprint density at radius 2 is 1.23 bits per heavy atom. The second-order valence-electron chi connectivity index (χ2n) is 7.47. The number of carboxylic acids is 1. The van der Waals surface area contributed by atoms with Crippen LogP contribution in [0.15, 0.2) is 0 Å². The third-order valence-electron chi connectivity index (χ3n) is 5.00. The van der Waals surface area contributed by atoms with E-state index in [1.165, 1.54) is 51.4 Å². The molecule has 0 saturated carbocycles. The third kappa shape index (κ3) is 13.8. The zero-order valence-electron chi connectivity index (χ0n) is 17.1. The number of aliphatic carboxylic acids is 1. The molecule has 0 aliphatic heterocycles. The number of carboxylic acid groups (broad SMARTS) is 1. The van der Waals surface area contributed by atoms with Crippen molar-refractivity contribution in [1.82, 2.24) is 5.32 Å². The zero-order chi connectivity index (χ0) is 19.0. The van der Waals surface area contributed by atoms with E-state index >= 15 is 0 Å². The van der Waals surface area contributed by atoms with Gasteiger partial charge in [0.05, 0.1) is 6.17 Å². The Labute approximate surface area is 167 Å². The van der Waals surface area contributed by atoms with Crippen LogP contribution >= 0.6 is 12.4 Å². The lowest BCUT2D eigenvalue weighted by molar-refractivity contribution is -0.145. The molecule has 0 saturated heterocycles. The smallest absolute Gasteiger partial charge is 0.323 e. The molecule has 0 aromatic carbocycles. The van der Waals surface area contributed by atoms with Crippen LogP contribution in [-0.2, 0) is 4.79 Å². The molecule has 6 N–H and O–H groups in total. The summed E-state index contributed by atoms with van der Waals surface area (Å²) >= 11 is 0. The summed E-state index contributed by atoms with van der Waals surface area (Å²) in [5.41, 5.74) is 10.4. The van der Waals surface area contributed by atoms with Crippen LogP contribution in [0.1, 0.15) is 104 Å². The highest BCUT2D eigenvalue weighted by Crippen LogP contribution is 2.24. The number of nitrogens with two attached hydrogens (primary N) is 2. The van der Waals surface area contributed by atoms with Crippen molar-refractivity contribution in [1.29, 1.82) is 0 Å². The Hall–Kier alpha value is -0.360. The van der Waals surface area contributed by atoms with Gasteiger partial charge in [-0.3, -0.25) is 10.1 Å². The SMILES string of the molecule is CCCCCCCCC(CCCCCCCC)(NCC(N)N)C(=O)O.Cl. The number of hydrogen-bond donors (Lipinski definition) is 4. The van der Waals surface area contributed by atoms with Gasteiger partial charge in [0.15, 0.2) is 0 Å².